The zero-order valence-electron chi connectivity index (χ0n) is 10.0. The van der Waals surface area contributed by atoms with Gasteiger partial charge in [0, 0.05) is 25.2 Å². The molecule has 1 saturated carbocycles. The monoisotopic (exact) mass is 212 g/mol. The van der Waals surface area contributed by atoms with Gasteiger partial charge in [-0.15, -0.1) is 0 Å². The van der Waals surface area contributed by atoms with Gasteiger partial charge in [0.15, 0.2) is 0 Å². The first-order valence-electron chi connectivity index (χ1n) is 6.33. The molecular weight excluding hydrogens is 188 g/mol. The quantitative estimate of drug-likeness (QED) is 0.762. The fourth-order valence-electron chi connectivity index (χ4n) is 2.80. The highest BCUT2D eigenvalue weighted by Crippen LogP contribution is 2.25. The van der Waals surface area contributed by atoms with Crippen molar-refractivity contribution in [2.75, 3.05) is 26.7 Å². The Morgan fingerprint density at radius 1 is 1.33 bits per heavy atom. The minimum absolute atomic E-state index is 0.379. The minimum Gasteiger partial charge on any atom is -0.374 e. The second kappa shape index (κ2) is 5.28. The molecule has 1 aliphatic carbocycles. The predicted octanol–water partition coefficient (Wildman–Crippen LogP) is 1.24. The Bertz CT molecular complexity index is 186. The zero-order chi connectivity index (χ0) is 10.7. The van der Waals surface area contributed by atoms with Crippen LogP contribution in [0, 0.1) is 0 Å². The van der Waals surface area contributed by atoms with Crippen LogP contribution >= 0.6 is 0 Å². The molecule has 0 aromatic carbocycles. The first-order valence-corrected chi connectivity index (χ1v) is 6.33. The molecule has 0 amide bonds. The van der Waals surface area contributed by atoms with E-state index in [1.165, 1.54) is 25.7 Å². The van der Waals surface area contributed by atoms with Crippen LogP contribution < -0.4 is 5.32 Å². The molecule has 88 valence electrons. The summed E-state index contributed by atoms with van der Waals surface area (Å²) in [5.74, 6) is 0. The average Bonchev–Trinajstić information content (AvgIpc) is 2.82. The molecule has 2 unspecified atom stereocenters. The predicted molar refractivity (Wildman–Crippen MR) is 62.1 cm³/mol. The summed E-state index contributed by atoms with van der Waals surface area (Å²) in [5, 5.41) is 3.41. The highest BCUT2D eigenvalue weighted by atomic mass is 16.5. The van der Waals surface area contributed by atoms with E-state index in [1.54, 1.807) is 0 Å². The van der Waals surface area contributed by atoms with E-state index in [1.807, 2.05) is 0 Å². The largest absolute Gasteiger partial charge is 0.374 e. The summed E-state index contributed by atoms with van der Waals surface area (Å²) in [7, 11) is 2.26. The van der Waals surface area contributed by atoms with Gasteiger partial charge in [-0.3, -0.25) is 4.90 Å². The van der Waals surface area contributed by atoms with E-state index >= 15 is 0 Å². The molecule has 0 spiro atoms. The molecule has 1 N–H and O–H groups in total. The Balaban J connectivity index is 1.84. The van der Waals surface area contributed by atoms with Crippen LogP contribution in [-0.4, -0.2) is 49.8 Å². The summed E-state index contributed by atoms with van der Waals surface area (Å²) >= 11 is 0. The first kappa shape index (κ1) is 11.4. The molecule has 1 aliphatic heterocycles. The van der Waals surface area contributed by atoms with E-state index in [4.69, 9.17) is 4.74 Å². The lowest BCUT2D eigenvalue weighted by Gasteiger charge is -2.37. The number of nitrogens with one attached hydrogen (secondary N) is 1. The number of rotatable bonds is 3. The topological polar surface area (TPSA) is 24.5 Å². The molecule has 0 radical (unpaired) electrons. The van der Waals surface area contributed by atoms with Crippen LogP contribution in [0.3, 0.4) is 0 Å². The standard InChI is InChI=1S/C12H24N2O/c1-10(12-9-13-7-8-15-12)14(2)11-5-3-4-6-11/h10-13H,3-9H2,1-2H3. The van der Waals surface area contributed by atoms with E-state index < -0.39 is 0 Å². The van der Waals surface area contributed by atoms with Crippen molar-refractivity contribution < 1.29 is 4.74 Å². The van der Waals surface area contributed by atoms with Gasteiger partial charge in [0.1, 0.15) is 0 Å². The third kappa shape index (κ3) is 2.71. The van der Waals surface area contributed by atoms with Crippen molar-refractivity contribution >= 4 is 0 Å². The van der Waals surface area contributed by atoms with Crippen LogP contribution in [0.2, 0.25) is 0 Å². The van der Waals surface area contributed by atoms with Gasteiger partial charge in [-0.25, -0.2) is 0 Å². The fraction of sp³-hybridized carbons (Fsp3) is 1.00. The van der Waals surface area contributed by atoms with Gasteiger partial charge >= 0.3 is 0 Å². The van der Waals surface area contributed by atoms with Crippen LogP contribution in [0.4, 0.5) is 0 Å². The maximum atomic E-state index is 5.82. The Labute approximate surface area is 93.2 Å². The van der Waals surface area contributed by atoms with Gasteiger partial charge in [0.25, 0.3) is 0 Å². The maximum Gasteiger partial charge on any atom is 0.0852 e. The number of ether oxygens (including phenoxy) is 1. The van der Waals surface area contributed by atoms with E-state index in [9.17, 15) is 0 Å². The smallest absolute Gasteiger partial charge is 0.0852 e. The normalized spacial score (nSPS) is 31.0. The van der Waals surface area contributed by atoms with Gasteiger partial charge in [-0.2, -0.15) is 0 Å². The van der Waals surface area contributed by atoms with Crippen molar-refractivity contribution in [3.63, 3.8) is 0 Å². The summed E-state index contributed by atoms with van der Waals surface area (Å²) in [4.78, 5) is 2.53. The lowest BCUT2D eigenvalue weighted by Crippen LogP contribution is -2.52. The Hall–Kier alpha value is -0.120. The lowest BCUT2D eigenvalue weighted by molar-refractivity contribution is -0.0290. The molecule has 3 heteroatoms. The minimum atomic E-state index is 0.379. The number of morpholine rings is 1. The number of nitrogens with zero attached hydrogens (tertiary/aromatic N) is 1. The van der Waals surface area contributed by atoms with Crippen molar-refractivity contribution in [3.05, 3.63) is 0 Å². The third-order valence-corrected chi connectivity index (χ3v) is 4.04. The van der Waals surface area contributed by atoms with E-state index in [2.05, 4.69) is 24.2 Å². The maximum absolute atomic E-state index is 5.82. The number of likely N-dealkylation sites (N-methyl/N-ethyl adjacent to an activating group) is 1. The summed E-state index contributed by atoms with van der Waals surface area (Å²) in [5.41, 5.74) is 0. The number of hydrogen-bond acceptors (Lipinski definition) is 3. The molecule has 2 fully saturated rings. The Kier molecular flexibility index (Phi) is 4.00. The first-order chi connectivity index (χ1) is 7.29. The number of hydrogen-bond donors (Lipinski definition) is 1. The molecule has 15 heavy (non-hydrogen) atoms. The van der Waals surface area contributed by atoms with Gasteiger partial charge < -0.3 is 10.1 Å². The van der Waals surface area contributed by atoms with Crippen molar-refractivity contribution in [3.8, 4) is 0 Å². The summed E-state index contributed by atoms with van der Waals surface area (Å²) < 4.78 is 5.82. The highest BCUT2D eigenvalue weighted by Gasteiger charge is 2.29. The average molecular weight is 212 g/mol. The molecule has 1 saturated heterocycles. The van der Waals surface area contributed by atoms with Crippen molar-refractivity contribution in [1.82, 2.24) is 10.2 Å². The second-order valence-electron chi connectivity index (χ2n) is 4.96. The van der Waals surface area contributed by atoms with Crippen LogP contribution in [0.25, 0.3) is 0 Å². The lowest BCUT2D eigenvalue weighted by atomic mass is 10.1. The van der Waals surface area contributed by atoms with Crippen molar-refractivity contribution in [1.29, 1.82) is 0 Å². The molecule has 0 aromatic rings. The Morgan fingerprint density at radius 3 is 2.67 bits per heavy atom. The zero-order valence-corrected chi connectivity index (χ0v) is 10.0. The fourth-order valence-corrected chi connectivity index (χ4v) is 2.80. The van der Waals surface area contributed by atoms with Gasteiger partial charge in [0.05, 0.1) is 12.7 Å². The van der Waals surface area contributed by atoms with Gasteiger partial charge in [-0.05, 0) is 26.8 Å². The van der Waals surface area contributed by atoms with Crippen LogP contribution in [0.5, 0.6) is 0 Å². The third-order valence-electron chi connectivity index (χ3n) is 4.04. The molecule has 0 bridgehead atoms. The van der Waals surface area contributed by atoms with E-state index in [0.29, 0.717) is 12.1 Å². The van der Waals surface area contributed by atoms with Crippen LogP contribution in [0.1, 0.15) is 32.6 Å². The van der Waals surface area contributed by atoms with E-state index in [0.717, 1.165) is 25.7 Å². The molecule has 2 atom stereocenters. The van der Waals surface area contributed by atoms with Crippen molar-refractivity contribution in [2.24, 2.45) is 0 Å². The SMILES string of the molecule is CC(C1CNCCO1)N(C)C1CCCC1. The molecule has 2 rings (SSSR count). The van der Waals surface area contributed by atoms with Gasteiger partial charge in [-0.1, -0.05) is 12.8 Å². The van der Waals surface area contributed by atoms with E-state index in [-0.39, 0.29) is 0 Å². The molecule has 1 heterocycles. The second-order valence-corrected chi connectivity index (χ2v) is 4.96. The highest BCUT2D eigenvalue weighted by molar-refractivity contribution is 4.84. The molecule has 0 aromatic heterocycles. The van der Waals surface area contributed by atoms with Gasteiger partial charge in [0.2, 0.25) is 0 Å². The van der Waals surface area contributed by atoms with Crippen molar-refractivity contribution in [2.45, 2.75) is 50.8 Å². The summed E-state index contributed by atoms with van der Waals surface area (Å²) in [6, 6.07) is 1.34. The van der Waals surface area contributed by atoms with Crippen LogP contribution in [-0.2, 0) is 4.74 Å². The Morgan fingerprint density at radius 2 is 2.07 bits per heavy atom. The summed E-state index contributed by atoms with van der Waals surface area (Å²) in [6.07, 6.45) is 5.95. The molecule has 3 nitrogen and oxygen atoms in total. The molecular formula is C12H24N2O. The molecule has 2 aliphatic rings. The van der Waals surface area contributed by atoms with Crippen LogP contribution in [0.15, 0.2) is 0 Å². The summed E-state index contributed by atoms with van der Waals surface area (Å²) in [6.45, 7) is 5.19.